The summed E-state index contributed by atoms with van der Waals surface area (Å²) in [5, 5.41) is 9.65. The molecule has 0 spiro atoms. The van der Waals surface area contributed by atoms with Crippen LogP contribution in [0.4, 0.5) is 0 Å². The Hall–Kier alpha value is -2.46. The van der Waals surface area contributed by atoms with Gasteiger partial charge in [-0.1, -0.05) is 11.6 Å². The number of ketones is 1. The molecule has 0 amide bonds. The van der Waals surface area contributed by atoms with Crippen LogP contribution >= 0.6 is 11.6 Å². The average molecular weight is 319 g/mol. The Morgan fingerprint density at radius 2 is 1.73 bits per heavy atom. The molecule has 114 valence electrons. The minimum Gasteiger partial charge on any atom is -0.508 e. The van der Waals surface area contributed by atoms with Gasteiger partial charge < -0.3 is 14.6 Å². The predicted molar refractivity (Wildman–Crippen MR) is 86.0 cm³/mol. The van der Waals surface area contributed by atoms with Crippen molar-refractivity contribution >= 4 is 23.5 Å². The third kappa shape index (κ3) is 3.59. The molecule has 0 atom stereocenters. The van der Waals surface area contributed by atoms with Crippen LogP contribution in [-0.2, 0) is 0 Å². The number of hydrogen-bond acceptors (Lipinski definition) is 4. The lowest BCUT2D eigenvalue weighted by atomic mass is 10.1. The van der Waals surface area contributed by atoms with Crippen molar-refractivity contribution in [2.24, 2.45) is 0 Å². The molecular weight excluding hydrogens is 304 g/mol. The normalized spacial score (nSPS) is 10.7. The molecule has 2 aromatic rings. The summed E-state index contributed by atoms with van der Waals surface area (Å²) in [5.74, 6) is 0.981. The molecule has 5 heteroatoms. The number of halogens is 1. The summed E-state index contributed by atoms with van der Waals surface area (Å²) in [4.78, 5) is 12.1. The summed E-state index contributed by atoms with van der Waals surface area (Å²) in [6.07, 6.45) is 3.05. The first kappa shape index (κ1) is 15.9. The van der Waals surface area contributed by atoms with Gasteiger partial charge in [-0.15, -0.1) is 0 Å². The molecule has 0 radical (unpaired) electrons. The molecule has 0 unspecified atom stereocenters. The van der Waals surface area contributed by atoms with E-state index in [1.165, 1.54) is 32.4 Å². The van der Waals surface area contributed by atoms with E-state index < -0.39 is 0 Å². The third-order valence-electron chi connectivity index (χ3n) is 3.07. The molecular formula is C17H15ClO4. The monoisotopic (exact) mass is 318 g/mol. The summed E-state index contributed by atoms with van der Waals surface area (Å²) >= 11 is 6.08. The Kier molecular flexibility index (Phi) is 5.07. The zero-order chi connectivity index (χ0) is 16.1. The van der Waals surface area contributed by atoms with Gasteiger partial charge >= 0.3 is 0 Å². The molecule has 0 aliphatic heterocycles. The van der Waals surface area contributed by atoms with Crippen LogP contribution in [0.2, 0.25) is 5.02 Å². The van der Waals surface area contributed by atoms with Gasteiger partial charge in [0.15, 0.2) is 5.78 Å². The molecule has 2 rings (SSSR count). The molecule has 0 saturated carbocycles. The van der Waals surface area contributed by atoms with E-state index in [0.717, 1.165) is 0 Å². The Balaban J connectivity index is 2.27. The van der Waals surface area contributed by atoms with Crippen LogP contribution in [0.5, 0.6) is 17.2 Å². The molecule has 0 bridgehead atoms. The van der Waals surface area contributed by atoms with E-state index in [1.54, 1.807) is 30.3 Å². The van der Waals surface area contributed by atoms with E-state index >= 15 is 0 Å². The number of phenols is 1. The van der Waals surface area contributed by atoms with Crippen molar-refractivity contribution in [3.8, 4) is 17.2 Å². The van der Waals surface area contributed by atoms with Crippen LogP contribution in [0, 0.1) is 0 Å². The number of allylic oxidation sites excluding steroid dienone is 1. The maximum Gasteiger partial charge on any atom is 0.185 e. The number of hydrogen-bond donors (Lipinski definition) is 1. The number of benzene rings is 2. The Morgan fingerprint density at radius 3 is 2.32 bits per heavy atom. The van der Waals surface area contributed by atoms with Crippen molar-refractivity contribution in [2.45, 2.75) is 0 Å². The van der Waals surface area contributed by atoms with Crippen molar-refractivity contribution in [3.05, 3.63) is 58.6 Å². The van der Waals surface area contributed by atoms with Crippen LogP contribution in [0.25, 0.3) is 6.08 Å². The average Bonchev–Trinajstić information content (AvgIpc) is 2.53. The van der Waals surface area contributed by atoms with Crippen LogP contribution in [-0.4, -0.2) is 25.1 Å². The minimum atomic E-state index is -0.186. The molecule has 0 aliphatic rings. The van der Waals surface area contributed by atoms with Gasteiger partial charge in [-0.25, -0.2) is 0 Å². The molecule has 0 aromatic heterocycles. The van der Waals surface area contributed by atoms with Gasteiger partial charge in [-0.3, -0.25) is 4.79 Å². The van der Waals surface area contributed by atoms with E-state index in [0.29, 0.717) is 27.6 Å². The minimum absolute atomic E-state index is 0.115. The van der Waals surface area contributed by atoms with E-state index in [-0.39, 0.29) is 11.5 Å². The molecule has 22 heavy (non-hydrogen) atoms. The summed E-state index contributed by atoms with van der Waals surface area (Å²) in [5.41, 5.74) is 1.15. The first-order chi connectivity index (χ1) is 10.5. The van der Waals surface area contributed by atoms with Crippen LogP contribution in [0.1, 0.15) is 15.9 Å². The van der Waals surface area contributed by atoms with E-state index in [9.17, 15) is 9.90 Å². The van der Waals surface area contributed by atoms with Gasteiger partial charge in [-0.05, 0) is 42.5 Å². The van der Waals surface area contributed by atoms with Crippen molar-refractivity contribution < 1.29 is 19.4 Å². The van der Waals surface area contributed by atoms with Crippen molar-refractivity contribution in [1.29, 1.82) is 0 Å². The lowest BCUT2D eigenvalue weighted by molar-refractivity contribution is 0.104. The smallest absolute Gasteiger partial charge is 0.185 e. The number of phenolic OH excluding ortho intramolecular Hbond substituents is 1. The summed E-state index contributed by atoms with van der Waals surface area (Å²) in [6, 6.07) is 9.37. The molecule has 0 saturated heterocycles. The number of ether oxygens (including phenoxy) is 2. The molecule has 0 aliphatic carbocycles. The van der Waals surface area contributed by atoms with Gasteiger partial charge in [0.2, 0.25) is 0 Å². The summed E-state index contributed by atoms with van der Waals surface area (Å²) < 4.78 is 10.4. The highest BCUT2D eigenvalue weighted by Gasteiger charge is 2.08. The van der Waals surface area contributed by atoms with Crippen molar-refractivity contribution in [3.63, 3.8) is 0 Å². The Bertz CT molecular complexity index is 705. The molecule has 4 nitrogen and oxygen atoms in total. The fourth-order valence-corrected chi connectivity index (χ4v) is 2.15. The summed E-state index contributed by atoms with van der Waals surface area (Å²) in [6.45, 7) is 0. The van der Waals surface area contributed by atoms with E-state index in [2.05, 4.69) is 0 Å². The highest BCUT2D eigenvalue weighted by molar-refractivity contribution is 6.32. The van der Waals surface area contributed by atoms with Gasteiger partial charge in [0.05, 0.1) is 19.2 Å². The summed E-state index contributed by atoms with van der Waals surface area (Å²) in [7, 11) is 3.05. The van der Waals surface area contributed by atoms with Crippen molar-refractivity contribution in [2.75, 3.05) is 14.2 Å². The Labute approximate surface area is 133 Å². The van der Waals surface area contributed by atoms with Gasteiger partial charge in [-0.2, -0.15) is 0 Å². The molecule has 1 N–H and O–H groups in total. The fourth-order valence-electron chi connectivity index (χ4n) is 1.90. The quantitative estimate of drug-likeness (QED) is 0.669. The van der Waals surface area contributed by atoms with Gasteiger partial charge in [0.25, 0.3) is 0 Å². The largest absolute Gasteiger partial charge is 0.508 e. The maximum atomic E-state index is 12.1. The SMILES string of the molecule is COc1cc(OC)c(/C=C/C(=O)c2ccc(O)cc2)cc1Cl. The standard InChI is InChI=1S/C17H15ClO4/c1-21-16-10-17(22-2)14(18)9-12(16)5-8-15(20)11-3-6-13(19)7-4-11/h3-10,19H,1-2H3/b8-5+. The lowest BCUT2D eigenvalue weighted by Gasteiger charge is -2.09. The first-order valence-electron chi connectivity index (χ1n) is 6.48. The number of rotatable bonds is 5. The van der Waals surface area contributed by atoms with Crippen molar-refractivity contribution in [1.82, 2.24) is 0 Å². The zero-order valence-corrected chi connectivity index (χ0v) is 12.9. The van der Waals surface area contributed by atoms with E-state index in [4.69, 9.17) is 21.1 Å². The highest BCUT2D eigenvalue weighted by atomic mass is 35.5. The van der Waals surface area contributed by atoms with Crippen LogP contribution in [0.3, 0.4) is 0 Å². The number of methoxy groups -OCH3 is 2. The van der Waals surface area contributed by atoms with Gasteiger partial charge in [0.1, 0.15) is 17.2 Å². The Morgan fingerprint density at radius 1 is 1.09 bits per heavy atom. The second-order valence-electron chi connectivity index (χ2n) is 4.47. The molecule has 0 fully saturated rings. The van der Waals surface area contributed by atoms with E-state index in [1.807, 2.05) is 0 Å². The molecule has 0 heterocycles. The number of carbonyl (C=O) groups is 1. The fraction of sp³-hybridized carbons (Fsp3) is 0.118. The van der Waals surface area contributed by atoms with Crippen LogP contribution < -0.4 is 9.47 Å². The second kappa shape index (κ2) is 7.00. The van der Waals surface area contributed by atoms with Gasteiger partial charge in [0, 0.05) is 17.2 Å². The third-order valence-corrected chi connectivity index (χ3v) is 3.37. The number of aromatic hydroxyl groups is 1. The first-order valence-corrected chi connectivity index (χ1v) is 6.86. The predicted octanol–water partition coefficient (Wildman–Crippen LogP) is 3.96. The topological polar surface area (TPSA) is 55.8 Å². The maximum absolute atomic E-state index is 12.1. The molecule has 2 aromatic carbocycles. The lowest BCUT2D eigenvalue weighted by Crippen LogP contribution is -1.94. The zero-order valence-electron chi connectivity index (χ0n) is 12.2. The number of carbonyl (C=O) groups excluding carboxylic acids is 1. The second-order valence-corrected chi connectivity index (χ2v) is 4.88. The van der Waals surface area contributed by atoms with Crippen LogP contribution in [0.15, 0.2) is 42.5 Å². The highest BCUT2D eigenvalue weighted by Crippen LogP contribution is 2.33.